The topological polar surface area (TPSA) is 95.9 Å². The van der Waals surface area contributed by atoms with Crippen molar-refractivity contribution in [2.45, 2.75) is 45.3 Å². The molecule has 0 radical (unpaired) electrons. The standard InChI is InChI=1S/C23H25ClN2O5/c1-23(2,3)31-22(30)26-12-4-5-19(26)20(27)25-16-10-11-18(24)17(13-16)14-6-8-15(9-7-14)21(28)29/h6-11,13,19H,4-5,12H2,1-3H3,(H,25,27)(H,28,29)/t19-/m1/s1. The Hall–Kier alpha value is -3.06. The molecule has 1 saturated heterocycles. The highest BCUT2D eigenvalue weighted by Gasteiger charge is 2.36. The van der Waals surface area contributed by atoms with E-state index in [0.717, 1.165) is 12.0 Å². The van der Waals surface area contributed by atoms with Crippen molar-refractivity contribution in [3.63, 3.8) is 0 Å². The molecule has 31 heavy (non-hydrogen) atoms. The number of nitrogens with zero attached hydrogens (tertiary/aromatic N) is 1. The molecule has 0 unspecified atom stereocenters. The molecule has 1 aliphatic rings. The number of aromatic carboxylic acids is 1. The summed E-state index contributed by atoms with van der Waals surface area (Å²) in [6, 6.07) is 10.8. The van der Waals surface area contributed by atoms with Crippen molar-refractivity contribution < 1.29 is 24.2 Å². The predicted octanol–water partition coefficient (Wildman–Crippen LogP) is 5.04. The molecule has 2 amide bonds. The zero-order valence-electron chi connectivity index (χ0n) is 17.6. The van der Waals surface area contributed by atoms with Gasteiger partial charge in [-0.1, -0.05) is 23.7 Å². The number of amides is 2. The van der Waals surface area contributed by atoms with Gasteiger partial charge in [0.25, 0.3) is 0 Å². The van der Waals surface area contributed by atoms with E-state index in [1.807, 2.05) is 0 Å². The van der Waals surface area contributed by atoms with Crippen LogP contribution < -0.4 is 5.32 Å². The van der Waals surface area contributed by atoms with Gasteiger partial charge in [0.05, 0.1) is 5.56 Å². The van der Waals surface area contributed by atoms with E-state index in [1.54, 1.807) is 51.1 Å². The first-order valence-corrected chi connectivity index (χ1v) is 10.4. The number of carbonyl (C=O) groups excluding carboxylic acids is 2. The van der Waals surface area contributed by atoms with Crippen LogP contribution in [0.2, 0.25) is 5.02 Å². The average molecular weight is 445 g/mol. The van der Waals surface area contributed by atoms with Crippen molar-refractivity contribution in [1.82, 2.24) is 4.90 Å². The van der Waals surface area contributed by atoms with Crippen molar-refractivity contribution in [2.75, 3.05) is 11.9 Å². The van der Waals surface area contributed by atoms with Gasteiger partial charge in [-0.3, -0.25) is 9.69 Å². The number of likely N-dealkylation sites (tertiary alicyclic amines) is 1. The van der Waals surface area contributed by atoms with E-state index in [2.05, 4.69) is 5.32 Å². The minimum atomic E-state index is -1.01. The Balaban J connectivity index is 1.76. The third-order valence-electron chi connectivity index (χ3n) is 4.86. The fourth-order valence-corrected chi connectivity index (χ4v) is 3.65. The van der Waals surface area contributed by atoms with Gasteiger partial charge in [0.1, 0.15) is 11.6 Å². The SMILES string of the molecule is CC(C)(C)OC(=O)N1CCC[C@@H]1C(=O)Nc1ccc(Cl)c(-c2ccc(C(=O)O)cc2)c1. The second kappa shape index (κ2) is 8.98. The summed E-state index contributed by atoms with van der Waals surface area (Å²) in [5.41, 5.74) is 1.45. The first-order valence-electron chi connectivity index (χ1n) is 9.99. The van der Waals surface area contributed by atoms with E-state index >= 15 is 0 Å². The number of hydrogen-bond donors (Lipinski definition) is 2. The lowest BCUT2D eigenvalue weighted by Gasteiger charge is -2.28. The molecule has 1 heterocycles. The molecule has 1 fully saturated rings. The van der Waals surface area contributed by atoms with Gasteiger partial charge >= 0.3 is 12.1 Å². The largest absolute Gasteiger partial charge is 0.478 e. The van der Waals surface area contributed by atoms with Crippen molar-refractivity contribution in [1.29, 1.82) is 0 Å². The molecule has 0 aromatic heterocycles. The van der Waals surface area contributed by atoms with Crippen LogP contribution in [0.3, 0.4) is 0 Å². The van der Waals surface area contributed by atoms with Crippen LogP contribution in [0.1, 0.15) is 44.0 Å². The molecular weight excluding hydrogens is 420 g/mol. The second-order valence-electron chi connectivity index (χ2n) is 8.40. The maximum atomic E-state index is 12.9. The summed E-state index contributed by atoms with van der Waals surface area (Å²) < 4.78 is 5.42. The highest BCUT2D eigenvalue weighted by molar-refractivity contribution is 6.33. The lowest BCUT2D eigenvalue weighted by Crippen LogP contribution is -2.45. The molecule has 2 aromatic rings. The van der Waals surface area contributed by atoms with Crippen molar-refractivity contribution in [2.24, 2.45) is 0 Å². The van der Waals surface area contributed by atoms with Gasteiger partial charge in [0, 0.05) is 22.8 Å². The van der Waals surface area contributed by atoms with Crippen molar-refractivity contribution in [3.8, 4) is 11.1 Å². The normalized spacial score (nSPS) is 16.1. The first-order chi connectivity index (χ1) is 14.5. The van der Waals surface area contributed by atoms with Crippen LogP contribution in [0, 0.1) is 0 Å². The maximum Gasteiger partial charge on any atom is 0.410 e. The molecule has 0 aliphatic carbocycles. The number of ether oxygens (including phenoxy) is 1. The van der Waals surface area contributed by atoms with Crippen LogP contribution in [0.4, 0.5) is 10.5 Å². The Bertz CT molecular complexity index is 998. The van der Waals surface area contributed by atoms with Crippen molar-refractivity contribution >= 4 is 35.3 Å². The molecule has 8 heteroatoms. The predicted molar refractivity (Wildman–Crippen MR) is 118 cm³/mol. The van der Waals surface area contributed by atoms with Gasteiger partial charge in [-0.05, 0) is 69.5 Å². The van der Waals surface area contributed by atoms with Gasteiger partial charge in [-0.15, -0.1) is 0 Å². The lowest BCUT2D eigenvalue weighted by atomic mass is 10.0. The highest BCUT2D eigenvalue weighted by atomic mass is 35.5. The zero-order chi connectivity index (χ0) is 22.8. The Labute approximate surface area is 186 Å². The number of anilines is 1. The summed E-state index contributed by atoms with van der Waals surface area (Å²) in [7, 11) is 0. The summed E-state index contributed by atoms with van der Waals surface area (Å²) in [6.07, 6.45) is 0.779. The van der Waals surface area contributed by atoms with Crippen LogP contribution in [0.5, 0.6) is 0 Å². The molecule has 1 aliphatic heterocycles. The Kier molecular flexibility index (Phi) is 6.55. The summed E-state index contributed by atoms with van der Waals surface area (Å²) in [5, 5.41) is 12.4. The summed E-state index contributed by atoms with van der Waals surface area (Å²) in [5.74, 6) is -1.30. The third-order valence-corrected chi connectivity index (χ3v) is 5.19. The minimum absolute atomic E-state index is 0.174. The molecule has 2 aromatic carbocycles. The van der Waals surface area contributed by atoms with E-state index in [9.17, 15) is 14.4 Å². The number of carbonyl (C=O) groups is 3. The summed E-state index contributed by atoms with van der Waals surface area (Å²) >= 11 is 6.32. The molecule has 7 nitrogen and oxygen atoms in total. The van der Waals surface area contributed by atoms with E-state index in [4.69, 9.17) is 21.4 Å². The van der Waals surface area contributed by atoms with Gasteiger partial charge in [-0.2, -0.15) is 0 Å². The smallest absolute Gasteiger partial charge is 0.410 e. The monoisotopic (exact) mass is 444 g/mol. The van der Waals surface area contributed by atoms with Gasteiger partial charge in [-0.25, -0.2) is 9.59 Å². The number of halogens is 1. The number of carboxylic acids is 1. The average Bonchev–Trinajstić information content (AvgIpc) is 3.18. The second-order valence-corrected chi connectivity index (χ2v) is 8.81. The van der Waals surface area contributed by atoms with Gasteiger partial charge < -0.3 is 15.2 Å². The van der Waals surface area contributed by atoms with E-state index in [1.165, 1.54) is 17.0 Å². The number of benzene rings is 2. The van der Waals surface area contributed by atoms with Crippen LogP contribution in [0.25, 0.3) is 11.1 Å². The van der Waals surface area contributed by atoms with E-state index < -0.39 is 23.7 Å². The Morgan fingerprint density at radius 2 is 1.81 bits per heavy atom. The molecule has 2 N–H and O–H groups in total. The molecule has 3 rings (SSSR count). The Morgan fingerprint density at radius 3 is 2.42 bits per heavy atom. The fourth-order valence-electron chi connectivity index (χ4n) is 3.42. The molecule has 0 bridgehead atoms. The lowest BCUT2D eigenvalue weighted by molar-refractivity contribution is -0.120. The first kappa shape index (κ1) is 22.6. The van der Waals surface area contributed by atoms with Crippen LogP contribution in [0.15, 0.2) is 42.5 Å². The summed E-state index contributed by atoms with van der Waals surface area (Å²) in [4.78, 5) is 37.9. The maximum absolute atomic E-state index is 12.9. The van der Waals surface area contributed by atoms with Gasteiger partial charge in [0.15, 0.2) is 0 Å². The zero-order valence-corrected chi connectivity index (χ0v) is 18.4. The number of hydrogen-bond acceptors (Lipinski definition) is 4. The highest BCUT2D eigenvalue weighted by Crippen LogP contribution is 2.31. The molecular formula is C23H25ClN2O5. The van der Waals surface area contributed by atoms with E-state index in [-0.39, 0.29) is 11.5 Å². The molecule has 0 spiro atoms. The fraction of sp³-hybridized carbons (Fsp3) is 0.348. The molecule has 1 atom stereocenters. The quantitative estimate of drug-likeness (QED) is 0.688. The van der Waals surface area contributed by atoms with E-state index in [0.29, 0.717) is 29.2 Å². The van der Waals surface area contributed by atoms with Crippen molar-refractivity contribution in [3.05, 3.63) is 53.1 Å². The Morgan fingerprint density at radius 1 is 1.13 bits per heavy atom. The number of nitrogens with one attached hydrogen (secondary N) is 1. The molecule has 0 saturated carbocycles. The third kappa shape index (κ3) is 5.55. The van der Waals surface area contributed by atoms with Gasteiger partial charge in [0.2, 0.25) is 5.91 Å². The number of rotatable bonds is 4. The minimum Gasteiger partial charge on any atom is -0.478 e. The molecule has 164 valence electrons. The van der Waals surface area contributed by atoms with Crippen LogP contribution in [-0.4, -0.2) is 46.2 Å². The number of carboxylic acid groups (broad SMARTS) is 1. The van der Waals surface area contributed by atoms with Crippen LogP contribution in [-0.2, 0) is 9.53 Å². The van der Waals surface area contributed by atoms with Crippen LogP contribution >= 0.6 is 11.6 Å². The summed E-state index contributed by atoms with van der Waals surface area (Å²) in [6.45, 7) is 5.83.